The van der Waals surface area contributed by atoms with Gasteiger partial charge in [-0.1, -0.05) is 338 Å². The van der Waals surface area contributed by atoms with Crippen LogP contribution in [0.1, 0.15) is 44.9 Å². The summed E-state index contributed by atoms with van der Waals surface area (Å²) in [5.74, 6) is 0.793. The molecule has 0 aliphatic heterocycles. The summed E-state index contributed by atoms with van der Waals surface area (Å²) in [4.78, 5) is 40.8. The van der Waals surface area contributed by atoms with Gasteiger partial charge in [-0.2, -0.15) is 0 Å². The van der Waals surface area contributed by atoms with Gasteiger partial charge in [-0.3, -0.25) is 29.9 Å². The summed E-state index contributed by atoms with van der Waals surface area (Å²) >= 11 is 0. The molecule has 0 N–H and O–H groups in total. The largest absolute Gasteiger partial charge is 0.256 e. The number of nitrogens with zero attached hydrogens (tertiary/aromatic N) is 9. The van der Waals surface area contributed by atoms with E-state index in [-0.39, 0.29) is 0 Å². The molecule has 0 bridgehead atoms. The lowest BCUT2D eigenvalue weighted by atomic mass is 10.0. The second kappa shape index (κ2) is 38.4. The lowest BCUT2D eigenvalue weighted by Gasteiger charge is -2.07. The molecule has 0 aliphatic rings. The standard InChI is InChI=1S/2C16H13N.C15H12N2.5C14H11N/c1-12-11-15(13-7-3-2-4-8-13)14-9-5-6-10-16(14)17-12;1-12-11-16(13-7-3-2-4-8-13)17-15-10-6-5-9-14(12)15;1-11-13-9-5-6-10-14(13)17-15(16-11)12-7-3-2-4-8-12;1-10-11-6-2-3-7-12(11)13-8-4-5-9-14(13)15-10;1-10-6-7-12-11(8-10)9-15-14-5-3-2-4-13(12)14;1-10-6-7-11-9-15-14-5-3-2-4-12(14)13(11)8-10;1-10-6-7-14-13(8-10)12-5-3-2-4-11(12)9-15-14;1-10-6-7-13-12-5-3-2-4-11(12)9-15-14(13)8-10/h2*2-11H,1H3;2-10H,1H3;5*2-9H,1H3. The van der Waals surface area contributed by atoms with Crippen molar-refractivity contribution in [3.8, 4) is 33.8 Å². The Morgan fingerprint density at radius 3 is 1.15 bits per heavy atom. The van der Waals surface area contributed by atoms with Crippen LogP contribution >= 0.6 is 0 Å². The normalized spacial score (nSPS) is 10.9. The highest BCUT2D eigenvalue weighted by atomic mass is 14.9. The first-order valence-corrected chi connectivity index (χ1v) is 42.6. The molecule has 606 valence electrons. The fourth-order valence-corrected chi connectivity index (χ4v) is 16.2. The molecule has 0 atom stereocenters. The second-order valence-electron chi connectivity index (χ2n) is 31.6. The van der Waals surface area contributed by atoms with E-state index in [9.17, 15) is 0 Å². The Balaban J connectivity index is 0.000000102. The number of rotatable bonds is 3. The summed E-state index contributed by atoms with van der Waals surface area (Å²) in [6, 6.07) is 136. The first-order valence-electron chi connectivity index (χ1n) is 42.6. The van der Waals surface area contributed by atoms with E-state index < -0.39 is 0 Å². The van der Waals surface area contributed by atoms with Crippen LogP contribution in [0.5, 0.6) is 0 Å². The van der Waals surface area contributed by atoms with E-state index in [1.165, 1.54) is 136 Å². The predicted octanol–water partition coefficient (Wildman–Crippen LogP) is 30.5. The number of para-hydroxylation sites is 6. The minimum absolute atomic E-state index is 0.793. The zero-order chi connectivity index (χ0) is 86.2. The molecule has 0 radical (unpaired) electrons. The van der Waals surface area contributed by atoms with Gasteiger partial charge in [-0.25, -0.2) is 15.0 Å². The van der Waals surface area contributed by atoms with Gasteiger partial charge in [0.1, 0.15) is 0 Å². The van der Waals surface area contributed by atoms with Crippen LogP contribution in [0.15, 0.2) is 419 Å². The van der Waals surface area contributed by atoms with E-state index in [0.717, 1.165) is 83.7 Å². The Morgan fingerprint density at radius 2 is 0.540 bits per heavy atom. The maximum Gasteiger partial charge on any atom is 0.160 e. The monoisotopic (exact) mass is 1620 g/mol. The van der Waals surface area contributed by atoms with Gasteiger partial charge in [0.25, 0.3) is 0 Å². The number of benzene rings is 16. The smallest absolute Gasteiger partial charge is 0.160 e. The van der Waals surface area contributed by atoms with Crippen molar-refractivity contribution in [1.82, 2.24) is 44.9 Å². The van der Waals surface area contributed by atoms with Crippen molar-refractivity contribution in [3.05, 3.63) is 464 Å². The third kappa shape index (κ3) is 19.0. The summed E-state index contributed by atoms with van der Waals surface area (Å²) in [6.07, 6.45) is 7.77. The molecule has 0 spiro atoms. The Hall–Kier alpha value is -16.0. The van der Waals surface area contributed by atoms with Crippen molar-refractivity contribution in [2.24, 2.45) is 0 Å². The lowest BCUT2D eigenvalue weighted by molar-refractivity contribution is 1.16. The van der Waals surface area contributed by atoms with Gasteiger partial charge in [0, 0.05) is 123 Å². The number of hydrogen-bond acceptors (Lipinski definition) is 9. The van der Waals surface area contributed by atoms with Crippen LogP contribution < -0.4 is 0 Å². The molecule has 9 nitrogen and oxygen atoms in total. The zero-order valence-corrected chi connectivity index (χ0v) is 71.9. The fourth-order valence-electron chi connectivity index (χ4n) is 16.2. The first-order chi connectivity index (χ1) is 61.8. The summed E-state index contributed by atoms with van der Waals surface area (Å²) in [6.45, 7) is 16.7. The van der Waals surface area contributed by atoms with Crippen LogP contribution in [0.4, 0.5) is 0 Å². The Bertz CT molecular complexity index is 7640. The number of hydrogen-bond donors (Lipinski definition) is 0. The van der Waals surface area contributed by atoms with Crippen molar-refractivity contribution in [3.63, 3.8) is 0 Å². The maximum absolute atomic E-state index is 4.71. The molecule has 0 aliphatic carbocycles. The van der Waals surface area contributed by atoms with Gasteiger partial charge < -0.3 is 0 Å². The van der Waals surface area contributed by atoms with E-state index in [0.29, 0.717) is 0 Å². The lowest BCUT2D eigenvalue weighted by Crippen LogP contribution is -1.93. The van der Waals surface area contributed by atoms with Crippen molar-refractivity contribution in [2.45, 2.75) is 55.4 Å². The topological polar surface area (TPSA) is 116 Å². The number of pyridine rings is 7. The molecule has 24 aromatic rings. The van der Waals surface area contributed by atoms with Crippen molar-refractivity contribution >= 4 is 141 Å². The van der Waals surface area contributed by atoms with E-state index in [1.54, 1.807) is 0 Å². The molecular formula is C117H93N9. The summed E-state index contributed by atoms with van der Waals surface area (Å²) in [7, 11) is 0. The van der Waals surface area contributed by atoms with E-state index in [2.05, 4.69) is 360 Å². The molecular weight excluding hydrogens is 1530 g/mol. The van der Waals surface area contributed by atoms with E-state index in [4.69, 9.17) is 4.98 Å². The third-order valence-electron chi connectivity index (χ3n) is 22.5. The molecule has 9 heteroatoms. The molecule has 0 amide bonds. The van der Waals surface area contributed by atoms with Crippen molar-refractivity contribution in [2.75, 3.05) is 0 Å². The first kappa shape index (κ1) is 82.3. The van der Waals surface area contributed by atoms with Crippen LogP contribution in [0.25, 0.3) is 175 Å². The molecule has 24 rings (SSSR count). The number of aryl methyl sites for hydroxylation is 8. The zero-order valence-electron chi connectivity index (χ0n) is 71.9. The highest BCUT2D eigenvalue weighted by molar-refractivity contribution is 6.10. The van der Waals surface area contributed by atoms with Gasteiger partial charge in [0.05, 0.1) is 49.8 Å². The third-order valence-corrected chi connectivity index (χ3v) is 22.5. The molecule has 0 unspecified atom stereocenters. The second-order valence-corrected chi connectivity index (χ2v) is 31.6. The molecule has 8 heterocycles. The van der Waals surface area contributed by atoms with Gasteiger partial charge in [-0.05, 0) is 177 Å². The molecule has 16 aromatic carbocycles. The average molecular weight is 1630 g/mol. The molecule has 8 aromatic heterocycles. The highest BCUT2D eigenvalue weighted by Crippen LogP contribution is 2.33. The van der Waals surface area contributed by atoms with Crippen molar-refractivity contribution < 1.29 is 0 Å². The minimum atomic E-state index is 0.793. The van der Waals surface area contributed by atoms with Crippen LogP contribution in [0.3, 0.4) is 0 Å². The summed E-state index contributed by atoms with van der Waals surface area (Å²) in [5, 5.41) is 22.2. The van der Waals surface area contributed by atoms with Gasteiger partial charge >= 0.3 is 0 Å². The Morgan fingerprint density at radius 1 is 0.175 bits per heavy atom. The maximum atomic E-state index is 4.71. The van der Waals surface area contributed by atoms with Crippen molar-refractivity contribution in [1.29, 1.82) is 0 Å². The quantitative estimate of drug-likeness (QED) is 0.159. The molecule has 0 saturated carbocycles. The van der Waals surface area contributed by atoms with Gasteiger partial charge in [0.2, 0.25) is 0 Å². The Kier molecular flexibility index (Phi) is 25.1. The molecule has 0 saturated heterocycles. The summed E-state index contributed by atoms with van der Waals surface area (Å²) in [5.41, 5.74) is 23.8. The minimum Gasteiger partial charge on any atom is -0.256 e. The van der Waals surface area contributed by atoms with Gasteiger partial charge in [-0.15, -0.1) is 0 Å². The van der Waals surface area contributed by atoms with Gasteiger partial charge in [0.15, 0.2) is 5.82 Å². The number of fused-ring (bicyclic) bond motifs is 18. The molecule has 0 fully saturated rings. The molecule has 126 heavy (non-hydrogen) atoms. The Labute approximate surface area is 734 Å². The van der Waals surface area contributed by atoms with Crippen LogP contribution in [0.2, 0.25) is 0 Å². The number of aromatic nitrogens is 9. The van der Waals surface area contributed by atoms with Crippen LogP contribution in [0, 0.1) is 55.4 Å². The average Bonchev–Trinajstić information content (AvgIpc) is 0.782. The highest BCUT2D eigenvalue weighted by Gasteiger charge is 2.12. The van der Waals surface area contributed by atoms with E-state index in [1.807, 2.05) is 154 Å². The van der Waals surface area contributed by atoms with Crippen LogP contribution in [-0.2, 0) is 0 Å². The van der Waals surface area contributed by atoms with E-state index >= 15 is 0 Å². The SMILES string of the molecule is Cc1cc(-c2ccccc2)c2ccccc2n1.Cc1cc(-c2ccccc2)nc2ccccc12.Cc1ccc2c(c1)ncc1ccccc12.Cc1ccc2c(cnc3ccccc32)c1.Cc1ccc2cnc3ccccc3c2c1.Cc1ccc2ncc3ccccc3c2c1.Cc1nc(-c2ccccc2)nc2ccccc12.Cc1nc2ccccc2c2ccccc12. The predicted molar refractivity (Wildman–Crippen MR) is 533 cm³/mol. The van der Waals surface area contributed by atoms with Crippen LogP contribution in [-0.4, -0.2) is 44.9 Å². The summed E-state index contributed by atoms with van der Waals surface area (Å²) < 4.78 is 0. The fraction of sp³-hybridized carbons (Fsp3) is 0.0684.